The Morgan fingerprint density at radius 1 is 1.32 bits per heavy atom. The summed E-state index contributed by atoms with van der Waals surface area (Å²) in [5.74, 6) is 11.3. The molecule has 2 nitrogen and oxygen atoms in total. The Balaban J connectivity index is 2.15. The maximum absolute atomic E-state index is 6.11. The Hall–Kier alpha value is -2.03. The molecule has 3 rings (SSSR count). The van der Waals surface area contributed by atoms with Crippen LogP contribution in [0.3, 0.4) is 0 Å². The number of rotatable bonds is 1. The Morgan fingerprint density at radius 3 is 3.00 bits per heavy atom. The summed E-state index contributed by atoms with van der Waals surface area (Å²) in [6.45, 7) is 0.993. The standard InChI is InChI=1S/C17H9ClN2S2/c1-2-3-4-5-9-20-14-11-13(18)6-7-15(14)22-17(20)12-16-19-8-10-21-16/h1,6-7,11-12H,8,10H2/p+1. The third kappa shape index (κ3) is 3.24. The summed E-state index contributed by atoms with van der Waals surface area (Å²) in [5, 5.41) is 6.22. The maximum Gasteiger partial charge on any atom is 0.280 e. The molecule has 1 saturated heterocycles. The van der Waals surface area contributed by atoms with E-state index in [0.29, 0.717) is 5.02 Å². The lowest BCUT2D eigenvalue weighted by Crippen LogP contribution is -2.29. The third-order valence-electron chi connectivity index (χ3n) is 2.88. The van der Waals surface area contributed by atoms with E-state index in [1.54, 1.807) is 23.1 Å². The second-order valence-corrected chi connectivity index (χ2v) is 6.94. The van der Waals surface area contributed by atoms with E-state index in [4.69, 9.17) is 18.0 Å². The van der Waals surface area contributed by atoms with Crippen molar-refractivity contribution in [2.45, 2.75) is 0 Å². The first-order chi connectivity index (χ1) is 10.8. The van der Waals surface area contributed by atoms with Crippen molar-refractivity contribution < 1.29 is 4.57 Å². The SMILES string of the molecule is C#CC#CC#C[n+]1c(C=C2NCCS2)sc2ccc(Cl)cc21. The van der Waals surface area contributed by atoms with Gasteiger partial charge in [0.2, 0.25) is 11.6 Å². The van der Waals surface area contributed by atoms with Crippen LogP contribution < -0.4 is 9.88 Å². The minimum Gasteiger partial charge on any atom is -0.379 e. The molecular formula is C17H10ClN2S2+. The van der Waals surface area contributed by atoms with Crippen LogP contribution in [0.25, 0.3) is 16.3 Å². The summed E-state index contributed by atoms with van der Waals surface area (Å²) in [7, 11) is 0. The van der Waals surface area contributed by atoms with Gasteiger partial charge in [0.25, 0.3) is 5.01 Å². The Morgan fingerprint density at radius 2 is 2.23 bits per heavy atom. The minimum atomic E-state index is 0.683. The van der Waals surface area contributed by atoms with E-state index < -0.39 is 0 Å². The smallest absolute Gasteiger partial charge is 0.280 e. The lowest BCUT2D eigenvalue weighted by molar-refractivity contribution is -0.551. The van der Waals surface area contributed by atoms with Crippen LogP contribution in [0.5, 0.6) is 0 Å². The van der Waals surface area contributed by atoms with Crippen molar-refractivity contribution in [2.24, 2.45) is 0 Å². The highest BCUT2D eigenvalue weighted by molar-refractivity contribution is 8.03. The third-order valence-corrected chi connectivity index (χ3v) is 5.17. The van der Waals surface area contributed by atoms with Gasteiger partial charge < -0.3 is 5.32 Å². The molecular weight excluding hydrogens is 332 g/mol. The van der Waals surface area contributed by atoms with Gasteiger partial charge in [0, 0.05) is 29.3 Å². The first-order valence-corrected chi connectivity index (χ1v) is 8.65. The van der Waals surface area contributed by atoms with Crippen LogP contribution in [0.4, 0.5) is 0 Å². The van der Waals surface area contributed by atoms with Crippen LogP contribution in [0.1, 0.15) is 5.01 Å². The van der Waals surface area contributed by atoms with Crippen molar-refractivity contribution in [1.82, 2.24) is 5.32 Å². The van der Waals surface area contributed by atoms with Gasteiger partial charge in [0.05, 0.1) is 17.0 Å². The van der Waals surface area contributed by atoms with Crippen LogP contribution in [0, 0.1) is 36.1 Å². The summed E-state index contributed by atoms with van der Waals surface area (Å²) in [4.78, 5) is 0. The van der Waals surface area contributed by atoms with Gasteiger partial charge >= 0.3 is 0 Å². The minimum absolute atomic E-state index is 0.683. The second kappa shape index (κ2) is 6.82. The molecule has 0 amide bonds. The lowest BCUT2D eigenvalue weighted by atomic mass is 10.3. The number of aromatic nitrogens is 1. The van der Waals surface area contributed by atoms with Crippen LogP contribution in [-0.2, 0) is 0 Å². The van der Waals surface area contributed by atoms with Gasteiger partial charge in [-0.1, -0.05) is 27.5 Å². The highest BCUT2D eigenvalue weighted by Crippen LogP contribution is 2.27. The molecule has 1 aromatic heterocycles. The normalized spacial score (nSPS) is 14.6. The molecule has 1 aliphatic rings. The average Bonchev–Trinajstić information content (AvgIpc) is 3.12. The molecule has 0 saturated carbocycles. The molecule has 2 aromatic rings. The topological polar surface area (TPSA) is 15.9 Å². The molecule has 106 valence electrons. The fraction of sp³-hybridized carbons (Fsp3) is 0.118. The van der Waals surface area contributed by atoms with Crippen molar-refractivity contribution in [3.63, 3.8) is 0 Å². The molecule has 1 aromatic carbocycles. The van der Waals surface area contributed by atoms with Crippen molar-refractivity contribution in [2.75, 3.05) is 12.3 Å². The molecule has 1 aliphatic heterocycles. The largest absolute Gasteiger partial charge is 0.379 e. The molecule has 1 N–H and O–H groups in total. The molecule has 5 heteroatoms. The summed E-state index contributed by atoms with van der Waals surface area (Å²) in [5.41, 5.74) is 0.974. The molecule has 0 unspecified atom stereocenters. The van der Waals surface area contributed by atoms with Crippen LogP contribution in [-0.4, -0.2) is 12.3 Å². The van der Waals surface area contributed by atoms with E-state index in [9.17, 15) is 0 Å². The molecule has 0 atom stereocenters. The number of terminal acetylenes is 1. The summed E-state index contributed by atoms with van der Waals surface area (Å²) in [6.07, 6.45) is 7.21. The van der Waals surface area contributed by atoms with E-state index in [1.807, 2.05) is 22.8 Å². The maximum atomic E-state index is 6.11. The van der Waals surface area contributed by atoms with E-state index in [2.05, 4.69) is 41.1 Å². The fourth-order valence-electron chi connectivity index (χ4n) is 1.98. The zero-order chi connectivity index (χ0) is 15.4. The first kappa shape index (κ1) is 14.9. The number of hydrogen-bond acceptors (Lipinski definition) is 3. The van der Waals surface area contributed by atoms with E-state index in [-0.39, 0.29) is 0 Å². The first-order valence-electron chi connectivity index (χ1n) is 6.47. The summed E-state index contributed by atoms with van der Waals surface area (Å²) >= 11 is 9.58. The number of benzene rings is 1. The van der Waals surface area contributed by atoms with E-state index in [1.165, 1.54) is 0 Å². The summed E-state index contributed by atoms with van der Waals surface area (Å²) < 4.78 is 3.03. The number of thiazole rings is 1. The van der Waals surface area contributed by atoms with Crippen molar-refractivity contribution in [3.8, 4) is 36.1 Å². The molecule has 0 radical (unpaired) electrons. The zero-order valence-electron chi connectivity index (χ0n) is 11.4. The number of nitrogens with zero attached hydrogens (tertiary/aromatic N) is 1. The van der Waals surface area contributed by atoms with Crippen LogP contribution >= 0.6 is 34.7 Å². The zero-order valence-corrected chi connectivity index (χ0v) is 13.8. The van der Waals surface area contributed by atoms with E-state index in [0.717, 1.165) is 32.6 Å². The fourth-order valence-corrected chi connectivity index (χ4v) is 4.07. The number of nitrogens with one attached hydrogen (secondary N) is 1. The predicted octanol–water partition coefficient (Wildman–Crippen LogP) is 2.92. The van der Waals surface area contributed by atoms with Gasteiger partial charge in [0.15, 0.2) is 0 Å². The monoisotopic (exact) mass is 341 g/mol. The van der Waals surface area contributed by atoms with Crippen molar-refractivity contribution in [3.05, 3.63) is 33.3 Å². The Labute approximate surface area is 142 Å². The molecule has 2 heterocycles. The molecule has 0 bridgehead atoms. The van der Waals surface area contributed by atoms with E-state index >= 15 is 0 Å². The predicted molar refractivity (Wildman–Crippen MR) is 95.3 cm³/mol. The molecule has 0 spiro atoms. The number of fused-ring (bicyclic) bond motifs is 1. The van der Waals surface area contributed by atoms with Gasteiger partial charge in [-0.2, -0.15) is 0 Å². The lowest BCUT2D eigenvalue weighted by Gasteiger charge is -1.92. The Kier molecular flexibility index (Phi) is 4.62. The molecule has 1 fully saturated rings. The van der Waals surface area contributed by atoms with Gasteiger partial charge in [-0.3, -0.25) is 0 Å². The van der Waals surface area contributed by atoms with Crippen LogP contribution in [0.2, 0.25) is 5.02 Å². The van der Waals surface area contributed by atoms with Gasteiger partial charge in [-0.15, -0.1) is 18.2 Å². The van der Waals surface area contributed by atoms with Gasteiger partial charge in [0.1, 0.15) is 4.70 Å². The molecule has 22 heavy (non-hydrogen) atoms. The Bertz CT molecular complexity index is 919. The highest BCUT2D eigenvalue weighted by Gasteiger charge is 2.20. The highest BCUT2D eigenvalue weighted by atomic mass is 35.5. The number of hydrogen-bond donors (Lipinski definition) is 1. The quantitative estimate of drug-likeness (QED) is 0.634. The van der Waals surface area contributed by atoms with Gasteiger partial charge in [-0.05, 0) is 24.0 Å². The number of thioether (sulfide) groups is 1. The second-order valence-electron chi connectivity index (χ2n) is 4.30. The van der Waals surface area contributed by atoms with Crippen LogP contribution in [0.15, 0.2) is 23.2 Å². The van der Waals surface area contributed by atoms with Crippen molar-refractivity contribution in [1.29, 1.82) is 0 Å². The van der Waals surface area contributed by atoms with Gasteiger partial charge in [-0.25, -0.2) is 0 Å². The summed E-state index contributed by atoms with van der Waals surface area (Å²) in [6, 6.07) is 8.84. The number of halogens is 1. The molecule has 0 aliphatic carbocycles. The average molecular weight is 342 g/mol. The van der Waals surface area contributed by atoms with Crippen molar-refractivity contribution >= 4 is 51.0 Å².